The van der Waals surface area contributed by atoms with E-state index in [9.17, 15) is 4.79 Å². The average Bonchev–Trinajstić information content (AvgIpc) is 2.29. The smallest absolute Gasteiger partial charge is 0.330 e. The number of allylic oxidation sites excluding steroid dienone is 1. The molecule has 0 aromatic rings. The van der Waals surface area contributed by atoms with Crippen LogP contribution in [0.3, 0.4) is 0 Å². The molecular weight excluding hydrogens is 222 g/mol. The largest absolute Gasteiger partial charge is 0.463 e. The zero-order valence-corrected chi connectivity index (χ0v) is 10.7. The van der Waals surface area contributed by atoms with Crippen LogP contribution in [-0.2, 0) is 9.53 Å². The lowest BCUT2D eigenvalue weighted by atomic mass is 10.1. The molecule has 17 heavy (non-hydrogen) atoms. The van der Waals surface area contributed by atoms with Gasteiger partial charge in [0.15, 0.2) is 5.34 Å². The second-order valence-electron chi connectivity index (χ2n) is 3.52. The van der Waals surface area contributed by atoms with E-state index >= 15 is 0 Å². The van der Waals surface area contributed by atoms with E-state index in [1.54, 1.807) is 6.08 Å². The quantitative estimate of drug-likeness (QED) is 0.233. The number of ether oxygens (including phenoxy) is 1. The van der Waals surface area contributed by atoms with Gasteiger partial charge in [0.05, 0.1) is 6.61 Å². The summed E-state index contributed by atoms with van der Waals surface area (Å²) in [5, 5.41) is 7.89. The van der Waals surface area contributed by atoms with Gasteiger partial charge in [0.1, 0.15) is 0 Å². The number of hydrogen-bond acceptors (Lipinski definition) is 4. The van der Waals surface area contributed by atoms with Gasteiger partial charge in [-0.1, -0.05) is 45.1 Å². The predicted molar refractivity (Wildman–Crippen MR) is 66.7 cm³/mol. The van der Waals surface area contributed by atoms with Crippen molar-refractivity contribution < 1.29 is 14.7 Å². The summed E-state index contributed by atoms with van der Waals surface area (Å²) >= 11 is 0. The Morgan fingerprint density at radius 2 is 1.76 bits per heavy atom. The highest BCUT2D eigenvalue weighted by Crippen LogP contribution is 2.04. The molecule has 0 heterocycles. The van der Waals surface area contributed by atoms with Crippen LogP contribution in [0.5, 0.6) is 0 Å². The van der Waals surface area contributed by atoms with Gasteiger partial charge in [-0.15, -0.1) is 4.91 Å². The Bertz CT molecular complexity index is 205. The van der Waals surface area contributed by atoms with Crippen molar-refractivity contribution >= 4 is 5.97 Å². The standard InChI is InChI=1S/C12H22O2.HNO2/c1-3-5-6-7-8-9-11-14-12(13)10-4-2;2-1-3/h4,10H,3,5-9,11H2,1-2H3;(H,2,3)/b10-4+;. The number of hydrogen-bond donors (Lipinski definition) is 1. The van der Waals surface area contributed by atoms with Crippen molar-refractivity contribution in [2.75, 3.05) is 6.61 Å². The van der Waals surface area contributed by atoms with Crippen molar-refractivity contribution in [3.63, 3.8) is 0 Å². The maximum Gasteiger partial charge on any atom is 0.330 e. The van der Waals surface area contributed by atoms with E-state index in [4.69, 9.17) is 14.9 Å². The van der Waals surface area contributed by atoms with Crippen molar-refractivity contribution in [1.82, 2.24) is 0 Å². The molecule has 5 nitrogen and oxygen atoms in total. The third-order valence-corrected chi connectivity index (χ3v) is 2.04. The molecule has 100 valence electrons. The molecule has 0 aliphatic rings. The molecule has 0 atom stereocenters. The van der Waals surface area contributed by atoms with Crippen LogP contribution in [-0.4, -0.2) is 17.8 Å². The maximum absolute atomic E-state index is 10.9. The first kappa shape index (κ1) is 18.0. The molecule has 0 saturated heterocycles. The Kier molecular flexibility index (Phi) is 18.0. The van der Waals surface area contributed by atoms with Gasteiger partial charge in [0.2, 0.25) is 0 Å². The fraction of sp³-hybridized carbons (Fsp3) is 0.750. The van der Waals surface area contributed by atoms with E-state index < -0.39 is 0 Å². The highest BCUT2D eigenvalue weighted by atomic mass is 16.6. The van der Waals surface area contributed by atoms with Crippen molar-refractivity contribution in [2.24, 2.45) is 5.34 Å². The summed E-state index contributed by atoms with van der Waals surface area (Å²) in [6.07, 6.45) is 10.5. The van der Waals surface area contributed by atoms with Crippen LogP contribution in [0.2, 0.25) is 0 Å². The van der Waals surface area contributed by atoms with Crippen molar-refractivity contribution in [1.29, 1.82) is 0 Å². The van der Waals surface area contributed by atoms with Gasteiger partial charge >= 0.3 is 5.97 Å². The van der Waals surface area contributed by atoms with Gasteiger partial charge < -0.3 is 9.94 Å². The van der Waals surface area contributed by atoms with Crippen molar-refractivity contribution in [3.8, 4) is 0 Å². The Morgan fingerprint density at radius 1 is 1.24 bits per heavy atom. The second-order valence-corrected chi connectivity index (χ2v) is 3.52. The summed E-state index contributed by atoms with van der Waals surface area (Å²) in [6, 6.07) is 0. The van der Waals surface area contributed by atoms with Gasteiger partial charge in [-0.3, -0.25) is 0 Å². The fourth-order valence-corrected chi connectivity index (χ4v) is 1.24. The number of carbonyl (C=O) groups is 1. The first-order chi connectivity index (χ1) is 8.22. The summed E-state index contributed by atoms with van der Waals surface area (Å²) < 4.78 is 4.96. The van der Waals surface area contributed by atoms with Crippen LogP contribution in [0.4, 0.5) is 0 Å². The van der Waals surface area contributed by atoms with E-state index in [-0.39, 0.29) is 5.97 Å². The molecular formula is C12H23NO4. The second kappa shape index (κ2) is 17.0. The average molecular weight is 245 g/mol. The lowest BCUT2D eigenvalue weighted by Gasteiger charge is -2.01. The first-order valence-electron chi connectivity index (χ1n) is 5.99. The normalized spacial score (nSPS) is 9.53. The molecule has 0 aromatic carbocycles. The molecule has 0 radical (unpaired) electrons. The minimum Gasteiger partial charge on any atom is -0.463 e. The van der Waals surface area contributed by atoms with E-state index in [2.05, 4.69) is 6.92 Å². The van der Waals surface area contributed by atoms with E-state index in [0.717, 1.165) is 6.42 Å². The highest BCUT2D eigenvalue weighted by molar-refractivity contribution is 5.81. The Hall–Kier alpha value is -1.39. The van der Waals surface area contributed by atoms with Crippen LogP contribution < -0.4 is 0 Å². The lowest BCUT2D eigenvalue weighted by Crippen LogP contribution is -2.01. The van der Waals surface area contributed by atoms with Crippen molar-refractivity contribution in [3.05, 3.63) is 17.1 Å². The predicted octanol–water partition coefficient (Wildman–Crippen LogP) is 3.61. The Balaban J connectivity index is 0. The molecule has 5 heteroatoms. The number of carbonyl (C=O) groups excluding carboxylic acids is 1. The van der Waals surface area contributed by atoms with Gasteiger partial charge in [-0.05, 0) is 13.3 Å². The first-order valence-corrected chi connectivity index (χ1v) is 5.99. The molecule has 1 N–H and O–H groups in total. The Labute approximate surface area is 103 Å². The van der Waals surface area contributed by atoms with E-state index in [1.165, 1.54) is 43.5 Å². The molecule has 0 fully saturated rings. The zero-order valence-electron chi connectivity index (χ0n) is 10.7. The number of esters is 1. The van der Waals surface area contributed by atoms with Crippen LogP contribution in [0.25, 0.3) is 0 Å². The lowest BCUT2D eigenvalue weighted by molar-refractivity contribution is -0.137. The summed E-state index contributed by atoms with van der Waals surface area (Å²) in [5.41, 5.74) is 0. The van der Waals surface area contributed by atoms with E-state index in [1.807, 2.05) is 6.92 Å². The summed E-state index contributed by atoms with van der Waals surface area (Å²) in [7, 11) is 0. The van der Waals surface area contributed by atoms with E-state index in [0.29, 0.717) is 6.61 Å². The molecule has 0 amide bonds. The molecule has 0 aromatic heterocycles. The minimum absolute atomic E-state index is 0.221. The summed E-state index contributed by atoms with van der Waals surface area (Å²) in [4.78, 5) is 19.0. The molecule has 0 aliphatic carbocycles. The highest BCUT2D eigenvalue weighted by Gasteiger charge is 1.95. The fourth-order valence-electron chi connectivity index (χ4n) is 1.24. The third kappa shape index (κ3) is 20.6. The summed E-state index contributed by atoms with van der Waals surface area (Å²) in [5.74, 6) is -0.221. The molecule has 0 rings (SSSR count). The van der Waals surface area contributed by atoms with Gasteiger partial charge in [0, 0.05) is 6.08 Å². The van der Waals surface area contributed by atoms with Crippen LogP contribution in [0.15, 0.2) is 17.5 Å². The molecule has 0 spiro atoms. The molecule has 0 bridgehead atoms. The molecule has 0 unspecified atom stereocenters. The van der Waals surface area contributed by atoms with Gasteiger partial charge in [-0.25, -0.2) is 4.79 Å². The number of rotatable bonds is 8. The third-order valence-electron chi connectivity index (χ3n) is 2.04. The van der Waals surface area contributed by atoms with Gasteiger partial charge in [0.25, 0.3) is 0 Å². The Morgan fingerprint density at radius 3 is 2.29 bits per heavy atom. The number of unbranched alkanes of at least 4 members (excludes halogenated alkanes) is 5. The van der Waals surface area contributed by atoms with Crippen molar-refractivity contribution in [2.45, 2.75) is 52.4 Å². The number of nitrogens with zero attached hydrogens (tertiary/aromatic N) is 1. The van der Waals surface area contributed by atoms with Crippen LogP contribution in [0, 0.1) is 4.91 Å². The van der Waals surface area contributed by atoms with Crippen LogP contribution >= 0.6 is 0 Å². The zero-order chi connectivity index (χ0) is 13.4. The van der Waals surface area contributed by atoms with Crippen LogP contribution in [0.1, 0.15) is 52.4 Å². The minimum atomic E-state index is -0.221. The SMILES string of the molecule is C/C=C/C(=O)OCCCCCCCC.O=NO. The summed E-state index contributed by atoms with van der Waals surface area (Å²) in [6.45, 7) is 4.58. The van der Waals surface area contributed by atoms with Gasteiger partial charge in [-0.2, -0.15) is 0 Å². The maximum atomic E-state index is 10.9. The molecule has 0 saturated carbocycles. The topological polar surface area (TPSA) is 76.0 Å². The molecule has 0 aliphatic heterocycles. The monoisotopic (exact) mass is 245 g/mol.